The molecule has 0 saturated heterocycles. The zero-order valence-corrected chi connectivity index (χ0v) is 15.0. The molecule has 0 amide bonds. The van der Waals surface area contributed by atoms with Gasteiger partial charge in [0.2, 0.25) is 5.41 Å². The van der Waals surface area contributed by atoms with Crippen LogP contribution >= 0.6 is 0 Å². The number of benzene rings is 2. The summed E-state index contributed by atoms with van der Waals surface area (Å²) < 4.78 is 94.3. The molecule has 0 spiro atoms. The molecule has 0 aliphatic carbocycles. The maximum absolute atomic E-state index is 14.0. The Morgan fingerprint density at radius 3 is 1.55 bits per heavy atom. The first-order valence-electron chi connectivity index (χ1n) is 8.22. The normalized spacial score (nSPS) is 12.2. The maximum atomic E-state index is 14.0. The predicted molar refractivity (Wildman–Crippen MR) is 95.8 cm³/mol. The van der Waals surface area contributed by atoms with E-state index in [9.17, 15) is 26.3 Å². The van der Waals surface area contributed by atoms with Crippen LogP contribution in [0.5, 0.6) is 11.5 Å². The van der Waals surface area contributed by atoms with Gasteiger partial charge in [-0.2, -0.15) is 26.3 Å². The van der Waals surface area contributed by atoms with Crippen molar-refractivity contribution in [2.24, 2.45) is 0 Å². The number of rotatable bonds is 7. The van der Waals surface area contributed by atoms with E-state index in [0.717, 1.165) is 48.5 Å². The van der Waals surface area contributed by atoms with E-state index in [2.05, 4.69) is 12.5 Å². The van der Waals surface area contributed by atoms with Gasteiger partial charge in [-0.25, -0.2) is 0 Å². The molecule has 0 radical (unpaired) electrons. The molecular weight excluding hydrogens is 398 g/mol. The summed E-state index contributed by atoms with van der Waals surface area (Å²) in [5, 5.41) is 0. The molecule has 2 nitrogen and oxygen atoms in total. The van der Waals surface area contributed by atoms with E-state index >= 15 is 0 Å². The van der Waals surface area contributed by atoms with Gasteiger partial charge in [-0.05, 0) is 35.4 Å². The van der Waals surface area contributed by atoms with Crippen molar-refractivity contribution >= 4 is 0 Å². The smallest absolute Gasteiger partial charge is 0.411 e. The molecule has 29 heavy (non-hydrogen) atoms. The maximum Gasteiger partial charge on any atom is 0.411 e. The van der Waals surface area contributed by atoms with Crippen LogP contribution < -0.4 is 9.47 Å². The Morgan fingerprint density at radius 2 is 1.21 bits per heavy atom. The van der Waals surface area contributed by atoms with Gasteiger partial charge in [-0.15, -0.1) is 6.42 Å². The molecule has 0 N–H and O–H groups in total. The Kier molecular flexibility index (Phi) is 6.52. The summed E-state index contributed by atoms with van der Waals surface area (Å²) in [6.45, 7) is 3.31. The second kappa shape index (κ2) is 8.52. The summed E-state index contributed by atoms with van der Waals surface area (Å²) in [6, 6.07) is 7.10. The molecule has 0 atom stereocenters. The lowest BCUT2D eigenvalue weighted by Gasteiger charge is -2.38. The van der Waals surface area contributed by atoms with E-state index < -0.39 is 28.9 Å². The average molecular weight is 414 g/mol. The van der Waals surface area contributed by atoms with Crippen molar-refractivity contribution in [3.05, 3.63) is 72.3 Å². The lowest BCUT2D eigenvalue weighted by Crippen LogP contribution is -2.54. The summed E-state index contributed by atoms with van der Waals surface area (Å²) in [4.78, 5) is 0. The number of hydrogen-bond acceptors (Lipinski definition) is 2. The fraction of sp³-hybridized carbons (Fsp3) is 0.238. The Labute approximate surface area is 163 Å². The SMILES string of the molecule is C#CCOc1ccc(C(c2ccc(OCC=C)cc2)(C(F)(F)F)C(F)(F)F)cc1. The molecule has 0 fully saturated rings. The van der Waals surface area contributed by atoms with Crippen molar-refractivity contribution in [2.45, 2.75) is 17.8 Å². The number of hydrogen-bond donors (Lipinski definition) is 0. The first-order valence-corrected chi connectivity index (χ1v) is 8.22. The third-order valence-electron chi connectivity index (χ3n) is 4.12. The Bertz CT molecular complexity index is 845. The van der Waals surface area contributed by atoms with Gasteiger partial charge in [-0.1, -0.05) is 42.8 Å². The molecule has 2 aromatic rings. The summed E-state index contributed by atoms with van der Waals surface area (Å²) in [5.74, 6) is 2.32. The van der Waals surface area contributed by atoms with Gasteiger partial charge in [0.1, 0.15) is 24.7 Å². The monoisotopic (exact) mass is 414 g/mol. The molecular formula is C21H16F6O2. The van der Waals surface area contributed by atoms with E-state index in [-0.39, 0.29) is 24.7 Å². The summed E-state index contributed by atoms with van der Waals surface area (Å²) in [7, 11) is 0. The second-order valence-corrected chi connectivity index (χ2v) is 5.89. The first-order chi connectivity index (χ1) is 13.6. The molecule has 0 bridgehead atoms. The summed E-state index contributed by atoms with van der Waals surface area (Å²) in [6.07, 6.45) is -4.93. The molecule has 0 aliphatic heterocycles. The molecule has 0 aliphatic rings. The minimum atomic E-state index is -5.67. The third-order valence-corrected chi connectivity index (χ3v) is 4.12. The fourth-order valence-corrected chi connectivity index (χ4v) is 2.86. The number of alkyl halides is 6. The molecule has 8 heteroatoms. The predicted octanol–water partition coefficient (Wildman–Crippen LogP) is 5.67. The largest absolute Gasteiger partial charge is 0.490 e. The zero-order chi connectivity index (χ0) is 21.7. The Hall–Kier alpha value is -3.08. The minimum Gasteiger partial charge on any atom is -0.490 e. The van der Waals surface area contributed by atoms with Crippen molar-refractivity contribution in [3.8, 4) is 23.8 Å². The van der Waals surface area contributed by atoms with Gasteiger partial charge in [0, 0.05) is 0 Å². The molecule has 154 valence electrons. The van der Waals surface area contributed by atoms with Gasteiger partial charge in [0.25, 0.3) is 0 Å². The van der Waals surface area contributed by atoms with Gasteiger partial charge < -0.3 is 9.47 Å². The highest BCUT2D eigenvalue weighted by Gasteiger charge is 2.72. The van der Waals surface area contributed by atoms with Crippen LogP contribution in [0, 0.1) is 12.3 Å². The van der Waals surface area contributed by atoms with Gasteiger partial charge >= 0.3 is 12.4 Å². The molecule has 2 rings (SSSR count). The summed E-state index contributed by atoms with van der Waals surface area (Å²) >= 11 is 0. The van der Waals surface area contributed by atoms with Crippen molar-refractivity contribution in [1.29, 1.82) is 0 Å². The van der Waals surface area contributed by atoms with Crippen LogP contribution in [0.1, 0.15) is 11.1 Å². The van der Waals surface area contributed by atoms with E-state index in [1.165, 1.54) is 6.08 Å². The van der Waals surface area contributed by atoms with Crippen molar-refractivity contribution < 1.29 is 35.8 Å². The highest BCUT2D eigenvalue weighted by atomic mass is 19.4. The number of terminal acetylenes is 1. The Morgan fingerprint density at radius 1 is 0.793 bits per heavy atom. The first kappa shape index (κ1) is 22.2. The number of halogens is 6. The highest BCUT2D eigenvalue weighted by Crippen LogP contribution is 2.56. The topological polar surface area (TPSA) is 18.5 Å². The Balaban J connectivity index is 2.63. The van der Waals surface area contributed by atoms with Crippen LogP contribution in [0.15, 0.2) is 61.2 Å². The van der Waals surface area contributed by atoms with Crippen molar-refractivity contribution in [1.82, 2.24) is 0 Å². The zero-order valence-electron chi connectivity index (χ0n) is 15.0. The van der Waals surface area contributed by atoms with Crippen molar-refractivity contribution in [3.63, 3.8) is 0 Å². The van der Waals surface area contributed by atoms with Crippen molar-refractivity contribution in [2.75, 3.05) is 13.2 Å². The minimum absolute atomic E-state index is 0.0538. The lowest BCUT2D eigenvalue weighted by atomic mass is 9.73. The molecule has 0 unspecified atom stereocenters. The molecule has 2 aromatic carbocycles. The fourth-order valence-electron chi connectivity index (χ4n) is 2.86. The quantitative estimate of drug-likeness (QED) is 0.330. The van der Waals surface area contributed by atoms with Gasteiger partial charge in [0.15, 0.2) is 0 Å². The van der Waals surface area contributed by atoms with Crippen LogP contribution in [0.25, 0.3) is 0 Å². The van der Waals surface area contributed by atoms with Gasteiger partial charge in [0.05, 0.1) is 0 Å². The third kappa shape index (κ3) is 4.34. The van der Waals surface area contributed by atoms with E-state index in [4.69, 9.17) is 15.9 Å². The van der Waals surface area contributed by atoms with Crippen LogP contribution in [0.2, 0.25) is 0 Å². The average Bonchev–Trinajstić information content (AvgIpc) is 2.65. The second-order valence-electron chi connectivity index (χ2n) is 5.89. The van der Waals surface area contributed by atoms with Crippen LogP contribution in [0.4, 0.5) is 26.3 Å². The van der Waals surface area contributed by atoms with Crippen LogP contribution in [-0.2, 0) is 5.41 Å². The number of ether oxygens (including phenoxy) is 2. The van der Waals surface area contributed by atoms with Gasteiger partial charge in [-0.3, -0.25) is 0 Å². The molecule has 0 saturated carbocycles. The van der Waals surface area contributed by atoms with Crippen LogP contribution in [-0.4, -0.2) is 25.6 Å². The van der Waals surface area contributed by atoms with E-state index in [0.29, 0.717) is 0 Å². The van der Waals surface area contributed by atoms with E-state index in [1.807, 2.05) is 0 Å². The lowest BCUT2D eigenvalue weighted by molar-refractivity contribution is -0.288. The molecule has 0 heterocycles. The standard InChI is InChI=1S/C21H16F6O2/c1-3-13-28-17-9-5-15(6-10-17)19(20(22,23)24,21(25,26)27)16-7-11-18(12-8-16)29-14-4-2/h1,4-12H,2,13-14H2. The highest BCUT2D eigenvalue weighted by molar-refractivity contribution is 5.47. The molecule has 0 aromatic heterocycles. The summed E-state index contributed by atoms with van der Waals surface area (Å²) in [5.41, 5.74) is -6.22. The van der Waals surface area contributed by atoms with E-state index in [1.54, 1.807) is 0 Å². The van der Waals surface area contributed by atoms with Crippen LogP contribution in [0.3, 0.4) is 0 Å².